The number of carbonyl (C=O) groups is 1. The number of pyridine rings is 1. The maximum Gasteiger partial charge on any atom is 0.231 e. The molecule has 1 spiro atoms. The fraction of sp³-hybridized carbons (Fsp3) is 0.429. The molecule has 0 aromatic carbocycles. The number of hydrogen-bond donors (Lipinski definition) is 0. The molecule has 2 aliphatic rings. The fourth-order valence-corrected chi connectivity index (χ4v) is 4.65. The van der Waals surface area contributed by atoms with Crippen LogP contribution < -0.4 is 4.90 Å². The molecule has 5 heterocycles. The Bertz CT molecular complexity index is 1050. The summed E-state index contributed by atoms with van der Waals surface area (Å²) in [4.78, 5) is 26.6. The van der Waals surface area contributed by atoms with E-state index in [0.717, 1.165) is 60.9 Å². The van der Waals surface area contributed by atoms with Crippen LogP contribution in [0, 0.1) is 19.3 Å². The standard InChI is InChI=1S/C21H24N6O/c1-15-16(2)24-18-6-10-23-27(18)19(15)26-12-8-21(14-26)7-11-25(20(21)28)13-17-5-3-4-9-22-17/h3-6,9-10H,7-8,11-14H2,1-2H3. The topological polar surface area (TPSA) is 66.6 Å². The van der Waals surface area contributed by atoms with Crippen LogP contribution in [-0.4, -0.2) is 50.0 Å². The molecule has 7 heteroatoms. The molecular weight excluding hydrogens is 352 g/mol. The van der Waals surface area contributed by atoms with Crippen LogP contribution in [0.15, 0.2) is 36.7 Å². The molecule has 2 aliphatic heterocycles. The van der Waals surface area contributed by atoms with Gasteiger partial charge in [-0.25, -0.2) is 4.98 Å². The van der Waals surface area contributed by atoms with Crippen molar-refractivity contribution in [2.24, 2.45) is 5.41 Å². The van der Waals surface area contributed by atoms with E-state index in [2.05, 4.69) is 26.9 Å². The molecule has 1 unspecified atom stereocenters. The van der Waals surface area contributed by atoms with E-state index in [1.54, 1.807) is 12.4 Å². The van der Waals surface area contributed by atoms with Crippen LogP contribution in [0.25, 0.3) is 5.65 Å². The van der Waals surface area contributed by atoms with E-state index in [0.29, 0.717) is 6.54 Å². The zero-order valence-electron chi connectivity index (χ0n) is 16.3. The van der Waals surface area contributed by atoms with Crippen LogP contribution in [0.4, 0.5) is 5.82 Å². The Kier molecular flexibility index (Phi) is 3.86. The van der Waals surface area contributed by atoms with Crippen molar-refractivity contribution in [1.29, 1.82) is 0 Å². The third kappa shape index (κ3) is 2.57. The van der Waals surface area contributed by atoms with E-state index in [4.69, 9.17) is 0 Å². The van der Waals surface area contributed by atoms with Crippen molar-refractivity contribution in [3.8, 4) is 0 Å². The van der Waals surface area contributed by atoms with Crippen molar-refractivity contribution in [3.05, 3.63) is 53.6 Å². The zero-order valence-corrected chi connectivity index (χ0v) is 16.3. The Hall–Kier alpha value is -2.96. The predicted octanol–water partition coefficient (Wildman–Crippen LogP) is 2.37. The molecule has 0 aliphatic carbocycles. The van der Waals surface area contributed by atoms with Crippen molar-refractivity contribution >= 4 is 17.4 Å². The van der Waals surface area contributed by atoms with Crippen molar-refractivity contribution < 1.29 is 4.79 Å². The van der Waals surface area contributed by atoms with E-state index in [9.17, 15) is 4.79 Å². The maximum atomic E-state index is 13.3. The second-order valence-corrected chi connectivity index (χ2v) is 8.00. The van der Waals surface area contributed by atoms with Crippen LogP contribution in [0.3, 0.4) is 0 Å². The number of rotatable bonds is 3. The van der Waals surface area contributed by atoms with Crippen LogP contribution in [0.5, 0.6) is 0 Å². The lowest BCUT2D eigenvalue weighted by Crippen LogP contribution is -2.37. The van der Waals surface area contributed by atoms with Crippen molar-refractivity contribution in [1.82, 2.24) is 24.5 Å². The quantitative estimate of drug-likeness (QED) is 0.702. The molecule has 28 heavy (non-hydrogen) atoms. The summed E-state index contributed by atoms with van der Waals surface area (Å²) in [6, 6.07) is 7.79. The summed E-state index contributed by atoms with van der Waals surface area (Å²) < 4.78 is 1.91. The number of fused-ring (bicyclic) bond motifs is 1. The first kappa shape index (κ1) is 17.2. The van der Waals surface area contributed by atoms with Crippen molar-refractivity contribution in [2.75, 3.05) is 24.5 Å². The molecule has 0 N–H and O–H groups in total. The molecule has 1 atom stereocenters. The molecule has 3 aromatic heterocycles. The van der Waals surface area contributed by atoms with E-state index < -0.39 is 0 Å². The van der Waals surface area contributed by atoms with Gasteiger partial charge in [0, 0.05) is 43.2 Å². The largest absolute Gasteiger partial charge is 0.355 e. The Morgan fingerprint density at radius 1 is 1.11 bits per heavy atom. The van der Waals surface area contributed by atoms with Crippen molar-refractivity contribution in [3.63, 3.8) is 0 Å². The van der Waals surface area contributed by atoms with Gasteiger partial charge in [0.25, 0.3) is 0 Å². The number of aromatic nitrogens is 4. The first-order valence-electron chi connectivity index (χ1n) is 9.83. The molecule has 144 valence electrons. The first-order chi connectivity index (χ1) is 13.6. The number of anilines is 1. The molecule has 0 saturated carbocycles. The average molecular weight is 376 g/mol. The van der Waals surface area contributed by atoms with Gasteiger partial charge in [-0.2, -0.15) is 9.61 Å². The van der Waals surface area contributed by atoms with Crippen LogP contribution >= 0.6 is 0 Å². The molecular formula is C21H24N6O. The molecule has 2 fully saturated rings. The summed E-state index contributed by atoms with van der Waals surface area (Å²) in [6.45, 7) is 7.12. The van der Waals surface area contributed by atoms with Gasteiger partial charge in [-0.1, -0.05) is 6.07 Å². The number of carbonyl (C=O) groups excluding carboxylic acids is 1. The fourth-order valence-electron chi connectivity index (χ4n) is 4.65. The molecule has 0 bridgehead atoms. The maximum absolute atomic E-state index is 13.3. The van der Waals surface area contributed by atoms with Gasteiger partial charge in [0.05, 0.1) is 23.9 Å². The lowest BCUT2D eigenvalue weighted by atomic mass is 9.85. The molecule has 1 amide bonds. The second-order valence-electron chi connectivity index (χ2n) is 8.00. The minimum Gasteiger partial charge on any atom is -0.355 e. The van der Waals surface area contributed by atoms with Gasteiger partial charge in [0.2, 0.25) is 5.91 Å². The minimum atomic E-state index is -0.294. The normalized spacial score (nSPS) is 22.1. The zero-order chi connectivity index (χ0) is 19.3. The Morgan fingerprint density at radius 3 is 2.79 bits per heavy atom. The summed E-state index contributed by atoms with van der Waals surface area (Å²) >= 11 is 0. The number of nitrogens with zero attached hydrogens (tertiary/aromatic N) is 6. The predicted molar refractivity (Wildman–Crippen MR) is 106 cm³/mol. The van der Waals surface area contributed by atoms with Gasteiger partial charge in [0.15, 0.2) is 5.65 Å². The average Bonchev–Trinajstić information content (AvgIpc) is 3.40. The Balaban J connectivity index is 1.41. The Labute approximate surface area is 164 Å². The summed E-state index contributed by atoms with van der Waals surface area (Å²) in [5.41, 5.74) is 3.65. The third-order valence-corrected chi connectivity index (χ3v) is 6.32. The van der Waals surface area contributed by atoms with Gasteiger partial charge in [-0.3, -0.25) is 9.78 Å². The monoisotopic (exact) mass is 376 g/mol. The molecule has 0 radical (unpaired) electrons. The highest BCUT2D eigenvalue weighted by Gasteiger charge is 2.51. The lowest BCUT2D eigenvalue weighted by Gasteiger charge is -2.26. The van der Waals surface area contributed by atoms with E-state index in [1.165, 1.54) is 0 Å². The summed E-state index contributed by atoms with van der Waals surface area (Å²) in [6.07, 6.45) is 5.35. The van der Waals surface area contributed by atoms with Gasteiger partial charge in [-0.05, 0) is 38.8 Å². The summed E-state index contributed by atoms with van der Waals surface area (Å²) in [5, 5.41) is 4.48. The highest BCUT2D eigenvalue weighted by atomic mass is 16.2. The van der Waals surface area contributed by atoms with Gasteiger partial charge in [-0.15, -0.1) is 0 Å². The Morgan fingerprint density at radius 2 is 1.96 bits per heavy atom. The number of hydrogen-bond acceptors (Lipinski definition) is 5. The molecule has 3 aromatic rings. The van der Waals surface area contributed by atoms with Crippen LogP contribution in [0.1, 0.15) is 29.8 Å². The van der Waals surface area contributed by atoms with Crippen LogP contribution in [0.2, 0.25) is 0 Å². The number of aryl methyl sites for hydroxylation is 1. The van der Waals surface area contributed by atoms with Crippen LogP contribution in [-0.2, 0) is 11.3 Å². The van der Waals surface area contributed by atoms with E-state index >= 15 is 0 Å². The number of likely N-dealkylation sites (tertiary alicyclic amines) is 1. The third-order valence-electron chi connectivity index (χ3n) is 6.32. The minimum absolute atomic E-state index is 0.265. The SMILES string of the molecule is Cc1nc2ccnn2c(N2CCC3(CCN(Cc4ccccn4)C3=O)C2)c1C. The van der Waals surface area contributed by atoms with Gasteiger partial charge < -0.3 is 9.80 Å². The molecule has 5 rings (SSSR count). The van der Waals surface area contributed by atoms with E-state index in [-0.39, 0.29) is 11.3 Å². The van der Waals surface area contributed by atoms with Gasteiger partial charge in [0.1, 0.15) is 5.82 Å². The van der Waals surface area contributed by atoms with E-state index in [1.807, 2.05) is 40.6 Å². The first-order valence-corrected chi connectivity index (χ1v) is 9.83. The summed E-state index contributed by atoms with van der Waals surface area (Å²) in [7, 11) is 0. The highest BCUT2D eigenvalue weighted by Crippen LogP contribution is 2.43. The smallest absolute Gasteiger partial charge is 0.231 e. The molecule has 7 nitrogen and oxygen atoms in total. The lowest BCUT2D eigenvalue weighted by molar-refractivity contribution is -0.135. The van der Waals surface area contributed by atoms with Crippen molar-refractivity contribution in [2.45, 2.75) is 33.2 Å². The molecule has 2 saturated heterocycles. The van der Waals surface area contributed by atoms with Gasteiger partial charge >= 0.3 is 0 Å². The second kappa shape index (κ2) is 6.29. The summed E-state index contributed by atoms with van der Waals surface area (Å²) in [5.74, 6) is 1.33. The number of amides is 1. The highest BCUT2D eigenvalue weighted by molar-refractivity contribution is 5.86.